The van der Waals surface area contributed by atoms with E-state index in [-0.39, 0.29) is 5.91 Å². The summed E-state index contributed by atoms with van der Waals surface area (Å²) in [5.41, 5.74) is 1.98. The van der Waals surface area contributed by atoms with Crippen molar-refractivity contribution in [3.63, 3.8) is 0 Å². The van der Waals surface area contributed by atoms with E-state index in [0.717, 1.165) is 48.8 Å². The quantitative estimate of drug-likeness (QED) is 0.516. The van der Waals surface area contributed by atoms with Crippen molar-refractivity contribution in [3.8, 4) is 0 Å². The maximum atomic E-state index is 12.6. The summed E-state index contributed by atoms with van der Waals surface area (Å²) < 4.78 is 69.3. The van der Waals surface area contributed by atoms with Crippen molar-refractivity contribution < 1.29 is 55.4 Å². The summed E-state index contributed by atoms with van der Waals surface area (Å²) >= 11 is 0. The Morgan fingerprint density at radius 1 is 0.974 bits per heavy atom. The third-order valence-corrected chi connectivity index (χ3v) is 5.92. The summed E-state index contributed by atoms with van der Waals surface area (Å²) in [6, 6.07) is 10.7. The molecule has 4 rings (SSSR count). The van der Waals surface area contributed by atoms with Crippen LogP contribution in [-0.2, 0) is 33.9 Å². The normalized spacial score (nSPS) is 19.1. The molecule has 216 valence electrons. The number of aryl methyl sites for hydroxylation is 2. The number of carbonyl (C=O) groups is 3. The standard InChI is InChI=1S/C20H25N3O2.2C2HF3O2/c1-3-16-7-8-17(25-16)13-22-10-9-18-19(22)11-20(24)23(18)12-15-6-4-5-14(2)21-15;2*3-2(4,5)1(6)7/h4-8,18-19H,3,9-13H2,1-2H3;2*(H,6,7)/t18-,19+;;/m0../s1. The van der Waals surface area contributed by atoms with Gasteiger partial charge in [0.25, 0.3) is 0 Å². The molecule has 2 fully saturated rings. The molecule has 2 saturated heterocycles. The fourth-order valence-electron chi connectivity index (χ4n) is 4.17. The molecule has 2 aliphatic rings. The number of alkyl halides is 6. The number of furan rings is 1. The molecule has 2 aliphatic heterocycles. The Morgan fingerprint density at radius 2 is 1.54 bits per heavy atom. The van der Waals surface area contributed by atoms with Crippen LogP contribution >= 0.6 is 0 Å². The van der Waals surface area contributed by atoms with Crippen molar-refractivity contribution in [1.29, 1.82) is 0 Å². The van der Waals surface area contributed by atoms with Crippen molar-refractivity contribution in [1.82, 2.24) is 14.8 Å². The number of hydrogen-bond acceptors (Lipinski definition) is 6. The minimum absolute atomic E-state index is 0.247. The zero-order valence-electron chi connectivity index (χ0n) is 20.9. The van der Waals surface area contributed by atoms with E-state index in [4.69, 9.17) is 24.2 Å². The van der Waals surface area contributed by atoms with Gasteiger partial charge in [-0.15, -0.1) is 0 Å². The van der Waals surface area contributed by atoms with Crippen LogP contribution in [0.3, 0.4) is 0 Å². The highest BCUT2D eigenvalue weighted by Crippen LogP contribution is 2.34. The highest BCUT2D eigenvalue weighted by atomic mass is 19.4. The zero-order valence-corrected chi connectivity index (χ0v) is 20.9. The van der Waals surface area contributed by atoms with Gasteiger partial charge < -0.3 is 19.5 Å². The van der Waals surface area contributed by atoms with E-state index in [2.05, 4.69) is 28.9 Å². The van der Waals surface area contributed by atoms with Crippen LogP contribution in [0, 0.1) is 6.92 Å². The van der Waals surface area contributed by atoms with E-state index in [1.165, 1.54) is 0 Å². The third kappa shape index (κ3) is 9.26. The molecule has 15 heteroatoms. The Labute approximate surface area is 219 Å². The number of pyridine rings is 1. The molecule has 2 N–H and O–H groups in total. The number of nitrogens with zero attached hydrogens (tertiary/aromatic N) is 3. The van der Waals surface area contributed by atoms with E-state index in [1.54, 1.807) is 0 Å². The minimum Gasteiger partial charge on any atom is -0.475 e. The average Bonchev–Trinajstić information content (AvgIpc) is 3.51. The van der Waals surface area contributed by atoms with Gasteiger partial charge >= 0.3 is 24.3 Å². The van der Waals surface area contributed by atoms with Gasteiger partial charge in [0.1, 0.15) is 11.5 Å². The molecule has 0 saturated carbocycles. The highest BCUT2D eigenvalue weighted by Gasteiger charge is 2.46. The second-order valence-electron chi connectivity index (χ2n) is 8.72. The summed E-state index contributed by atoms with van der Waals surface area (Å²) in [4.78, 5) is 39.4. The molecule has 2 aromatic heterocycles. The number of rotatable bonds is 5. The van der Waals surface area contributed by atoms with E-state index < -0.39 is 24.3 Å². The van der Waals surface area contributed by atoms with Crippen LogP contribution < -0.4 is 0 Å². The van der Waals surface area contributed by atoms with E-state index in [9.17, 15) is 31.1 Å². The summed E-state index contributed by atoms with van der Waals surface area (Å²) in [6.45, 7) is 6.52. The first-order valence-corrected chi connectivity index (χ1v) is 11.7. The number of amides is 1. The fourth-order valence-corrected chi connectivity index (χ4v) is 4.17. The van der Waals surface area contributed by atoms with Gasteiger partial charge in [-0.05, 0) is 37.6 Å². The average molecular weight is 567 g/mol. The number of carboxylic acid groups (broad SMARTS) is 2. The van der Waals surface area contributed by atoms with E-state index >= 15 is 0 Å². The van der Waals surface area contributed by atoms with Crippen molar-refractivity contribution >= 4 is 17.8 Å². The molecule has 2 aromatic rings. The van der Waals surface area contributed by atoms with Crippen LogP contribution in [0.5, 0.6) is 0 Å². The molecule has 0 aliphatic carbocycles. The van der Waals surface area contributed by atoms with Crippen molar-refractivity contribution in [2.24, 2.45) is 0 Å². The summed E-state index contributed by atoms with van der Waals surface area (Å²) in [7, 11) is 0. The number of carbonyl (C=O) groups excluding carboxylic acids is 1. The Balaban J connectivity index is 0.000000317. The fraction of sp³-hybridized carbons (Fsp3) is 0.500. The molecule has 9 nitrogen and oxygen atoms in total. The molecule has 0 bridgehead atoms. The predicted molar refractivity (Wildman–Crippen MR) is 122 cm³/mol. The van der Waals surface area contributed by atoms with E-state index in [1.807, 2.05) is 30.0 Å². The summed E-state index contributed by atoms with van der Waals surface area (Å²) in [5, 5.41) is 14.2. The number of hydrogen-bond donors (Lipinski definition) is 2. The van der Waals surface area contributed by atoms with Gasteiger partial charge in [0.15, 0.2) is 0 Å². The molecule has 0 unspecified atom stereocenters. The highest BCUT2D eigenvalue weighted by molar-refractivity contribution is 5.80. The van der Waals surface area contributed by atoms with Crippen LogP contribution in [0.1, 0.15) is 42.7 Å². The molecule has 1 amide bonds. The van der Waals surface area contributed by atoms with Crippen LogP contribution in [0.15, 0.2) is 34.7 Å². The lowest BCUT2D eigenvalue weighted by molar-refractivity contribution is -0.193. The number of carboxylic acids is 2. The van der Waals surface area contributed by atoms with Gasteiger partial charge in [-0.3, -0.25) is 14.7 Å². The largest absolute Gasteiger partial charge is 0.490 e. The van der Waals surface area contributed by atoms with Gasteiger partial charge in [-0.2, -0.15) is 26.3 Å². The van der Waals surface area contributed by atoms with Crippen LogP contribution in [-0.4, -0.2) is 73.8 Å². The molecule has 4 heterocycles. The smallest absolute Gasteiger partial charge is 0.475 e. The van der Waals surface area contributed by atoms with Gasteiger partial charge in [-0.25, -0.2) is 9.59 Å². The number of aromatic nitrogens is 1. The molecule has 0 aromatic carbocycles. The molecule has 39 heavy (non-hydrogen) atoms. The zero-order chi connectivity index (χ0) is 29.5. The van der Waals surface area contributed by atoms with Crippen LogP contribution in [0.25, 0.3) is 0 Å². The third-order valence-electron chi connectivity index (χ3n) is 5.92. The minimum atomic E-state index is -5.08. The lowest BCUT2D eigenvalue weighted by Gasteiger charge is -2.25. The molecular formula is C24H27F6N3O6. The summed E-state index contributed by atoms with van der Waals surface area (Å²) in [6.07, 6.45) is -7.61. The summed E-state index contributed by atoms with van der Waals surface area (Å²) in [5.74, 6) is -3.24. The van der Waals surface area contributed by atoms with Gasteiger partial charge in [-0.1, -0.05) is 13.0 Å². The first-order valence-electron chi connectivity index (χ1n) is 11.7. The van der Waals surface area contributed by atoms with Gasteiger partial charge in [0, 0.05) is 37.2 Å². The Hall–Kier alpha value is -3.62. The number of halogens is 6. The Morgan fingerprint density at radius 3 is 2.03 bits per heavy atom. The second-order valence-corrected chi connectivity index (χ2v) is 8.72. The topological polar surface area (TPSA) is 124 Å². The SMILES string of the molecule is CCc1ccc(CN2CC[C@H]3[C@H]2CC(=O)N3Cc2cccc(C)n2)o1.O=C(O)C(F)(F)F.O=C(O)C(F)(F)F. The molecule has 0 radical (unpaired) electrons. The van der Waals surface area contributed by atoms with Crippen LogP contribution in [0.2, 0.25) is 0 Å². The first-order chi connectivity index (χ1) is 18.0. The Bertz CT molecular complexity index is 1130. The number of aliphatic carboxylic acids is 2. The number of likely N-dealkylation sites (tertiary alicyclic amines) is 2. The van der Waals surface area contributed by atoms with Crippen molar-refractivity contribution in [2.75, 3.05) is 6.54 Å². The van der Waals surface area contributed by atoms with Gasteiger partial charge in [0.05, 0.1) is 18.8 Å². The second kappa shape index (κ2) is 13.0. The lowest BCUT2D eigenvalue weighted by atomic mass is 10.1. The predicted octanol–water partition coefficient (Wildman–Crippen LogP) is 4.19. The maximum absolute atomic E-state index is 12.6. The first kappa shape index (κ1) is 31.6. The van der Waals surface area contributed by atoms with Gasteiger partial charge in [0.2, 0.25) is 5.91 Å². The maximum Gasteiger partial charge on any atom is 0.490 e. The molecule has 0 spiro atoms. The van der Waals surface area contributed by atoms with Crippen molar-refractivity contribution in [3.05, 3.63) is 53.2 Å². The molecular weight excluding hydrogens is 540 g/mol. The monoisotopic (exact) mass is 567 g/mol. The lowest BCUT2D eigenvalue weighted by Crippen LogP contribution is -2.36. The van der Waals surface area contributed by atoms with E-state index in [0.29, 0.717) is 25.0 Å². The molecule has 2 atom stereocenters. The van der Waals surface area contributed by atoms with Crippen molar-refractivity contribution in [2.45, 2.75) is 70.6 Å². The number of fused-ring (bicyclic) bond motifs is 1. The van der Waals surface area contributed by atoms with Crippen LogP contribution in [0.4, 0.5) is 26.3 Å². The Kier molecular flexibility index (Phi) is 10.5.